The highest BCUT2D eigenvalue weighted by molar-refractivity contribution is 5.99. The summed E-state index contributed by atoms with van der Waals surface area (Å²) in [6.07, 6.45) is 0. The number of rotatable bonds is 3. The summed E-state index contributed by atoms with van der Waals surface area (Å²) in [4.78, 5) is 0. The highest BCUT2D eigenvalue weighted by atomic mass is 14.9. The van der Waals surface area contributed by atoms with E-state index in [4.69, 9.17) is 0 Å². The Bertz CT molecular complexity index is 2410. The smallest absolute Gasteiger partial charge is 0.0726 e. The molecule has 0 aliphatic heterocycles. The molecule has 0 bridgehead atoms. The van der Waals surface area contributed by atoms with E-state index in [0.717, 1.165) is 11.4 Å². The highest BCUT2D eigenvalue weighted by Crippen LogP contribution is 2.64. The fraction of sp³-hybridized carbons (Fsp3) is 0.106. The monoisotopic (exact) mass is 613 g/mol. The number of aryl methyl sites for hydroxylation is 1. The van der Waals surface area contributed by atoms with E-state index in [0.29, 0.717) is 0 Å². The van der Waals surface area contributed by atoms with E-state index in [1.165, 1.54) is 83.5 Å². The fourth-order valence-electron chi connectivity index (χ4n) is 9.14. The minimum Gasteiger partial charge on any atom is -0.355 e. The Hall–Kier alpha value is -5.66. The maximum Gasteiger partial charge on any atom is 0.0726 e. The third-order valence-corrected chi connectivity index (χ3v) is 11.4. The lowest BCUT2D eigenvalue weighted by Gasteiger charge is -2.30. The van der Waals surface area contributed by atoms with Crippen molar-refractivity contribution < 1.29 is 0 Å². The zero-order chi connectivity index (χ0) is 32.2. The van der Waals surface area contributed by atoms with Crippen LogP contribution in [-0.2, 0) is 10.8 Å². The first-order chi connectivity index (χ1) is 23.5. The zero-order valence-electron chi connectivity index (χ0n) is 27.4. The molecule has 0 aromatic heterocycles. The first-order valence-corrected chi connectivity index (χ1v) is 17.0. The molecule has 0 radical (unpaired) electrons. The second-order valence-electron chi connectivity index (χ2n) is 14.3. The maximum atomic E-state index is 3.94. The molecule has 1 N–H and O–H groups in total. The van der Waals surface area contributed by atoms with Gasteiger partial charge in [0.2, 0.25) is 0 Å². The van der Waals surface area contributed by atoms with E-state index in [9.17, 15) is 0 Å². The van der Waals surface area contributed by atoms with E-state index in [-0.39, 0.29) is 10.8 Å². The van der Waals surface area contributed by atoms with Gasteiger partial charge in [-0.25, -0.2) is 0 Å². The fourth-order valence-corrected chi connectivity index (χ4v) is 9.14. The van der Waals surface area contributed by atoms with Crippen LogP contribution >= 0.6 is 0 Å². The van der Waals surface area contributed by atoms with Gasteiger partial charge in [0.05, 0.1) is 5.41 Å². The van der Waals surface area contributed by atoms with Crippen molar-refractivity contribution in [3.63, 3.8) is 0 Å². The summed E-state index contributed by atoms with van der Waals surface area (Å²) < 4.78 is 0. The first kappa shape index (κ1) is 27.5. The predicted molar refractivity (Wildman–Crippen MR) is 200 cm³/mol. The van der Waals surface area contributed by atoms with Crippen LogP contribution < -0.4 is 5.32 Å². The number of anilines is 2. The topological polar surface area (TPSA) is 12.0 Å². The molecule has 0 amide bonds. The summed E-state index contributed by atoms with van der Waals surface area (Å²) in [5.41, 5.74) is 21.8. The Balaban J connectivity index is 1.10. The molecule has 7 aromatic rings. The van der Waals surface area contributed by atoms with E-state index >= 15 is 0 Å². The minimum atomic E-state index is -0.340. The average Bonchev–Trinajstić information content (AvgIpc) is 3.68. The van der Waals surface area contributed by atoms with Gasteiger partial charge >= 0.3 is 0 Å². The van der Waals surface area contributed by atoms with Gasteiger partial charge in [0.25, 0.3) is 0 Å². The lowest BCUT2D eigenvalue weighted by Crippen LogP contribution is -2.25. The number of fused-ring (bicyclic) bond motifs is 13. The van der Waals surface area contributed by atoms with Crippen molar-refractivity contribution in [3.8, 4) is 44.5 Å². The van der Waals surface area contributed by atoms with Gasteiger partial charge in [-0.1, -0.05) is 147 Å². The normalized spacial score (nSPS) is 14.9. The lowest BCUT2D eigenvalue weighted by molar-refractivity contribution is 0.661. The van der Waals surface area contributed by atoms with Crippen LogP contribution in [0.2, 0.25) is 0 Å². The van der Waals surface area contributed by atoms with Crippen molar-refractivity contribution >= 4 is 11.4 Å². The van der Waals surface area contributed by atoms with Crippen LogP contribution in [0.25, 0.3) is 44.5 Å². The highest BCUT2D eigenvalue weighted by Gasteiger charge is 2.52. The molecule has 1 heteroatoms. The molecule has 0 atom stereocenters. The summed E-state index contributed by atoms with van der Waals surface area (Å²) in [5.74, 6) is 0. The summed E-state index contributed by atoms with van der Waals surface area (Å²) in [7, 11) is 0. The Morgan fingerprint density at radius 2 is 0.938 bits per heavy atom. The quantitative estimate of drug-likeness (QED) is 0.209. The summed E-state index contributed by atoms with van der Waals surface area (Å²) in [6.45, 7) is 6.89. The molecule has 3 aliphatic rings. The van der Waals surface area contributed by atoms with Gasteiger partial charge in [0.1, 0.15) is 0 Å². The van der Waals surface area contributed by atoms with Crippen LogP contribution in [-0.4, -0.2) is 0 Å². The van der Waals surface area contributed by atoms with Crippen LogP contribution in [0.3, 0.4) is 0 Å². The van der Waals surface area contributed by atoms with Gasteiger partial charge < -0.3 is 5.32 Å². The van der Waals surface area contributed by atoms with Gasteiger partial charge in [-0.2, -0.15) is 0 Å². The van der Waals surface area contributed by atoms with Crippen molar-refractivity contribution in [2.75, 3.05) is 5.32 Å². The van der Waals surface area contributed by atoms with E-state index in [1.807, 2.05) is 0 Å². The molecular weight excluding hydrogens is 579 g/mol. The first-order valence-electron chi connectivity index (χ1n) is 17.0. The third kappa shape index (κ3) is 3.51. The second-order valence-corrected chi connectivity index (χ2v) is 14.3. The van der Waals surface area contributed by atoms with Crippen molar-refractivity contribution in [3.05, 3.63) is 191 Å². The Labute approximate surface area is 282 Å². The molecule has 1 spiro atoms. The molecule has 228 valence electrons. The zero-order valence-corrected chi connectivity index (χ0v) is 27.4. The molecule has 0 fully saturated rings. The minimum absolute atomic E-state index is 0.115. The van der Waals surface area contributed by atoms with E-state index in [2.05, 4.69) is 178 Å². The number of hydrogen-bond acceptors (Lipinski definition) is 1. The van der Waals surface area contributed by atoms with Crippen molar-refractivity contribution in [2.24, 2.45) is 0 Å². The second kappa shape index (κ2) is 9.69. The van der Waals surface area contributed by atoms with Gasteiger partial charge in [-0.3, -0.25) is 0 Å². The van der Waals surface area contributed by atoms with Gasteiger partial charge in [0, 0.05) is 22.4 Å². The molecule has 0 saturated carbocycles. The largest absolute Gasteiger partial charge is 0.355 e. The summed E-state index contributed by atoms with van der Waals surface area (Å²) in [6, 6.07) is 56.7. The lowest BCUT2D eigenvalue weighted by atomic mass is 9.70. The van der Waals surface area contributed by atoms with E-state index < -0.39 is 0 Å². The summed E-state index contributed by atoms with van der Waals surface area (Å²) in [5, 5.41) is 3.94. The Morgan fingerprint density at radius 1 is 0.417 bits per heavy atom. The van der Waals surface area contributed by atoms with Crippen molar-refractivity contribution in [1.29, 1.82) is 0 Å². The molecule has 0 unspecified atom stereocenters. The molecule has 48 heavy (non-hydrogen) atoms. The third-order valence-electron chi connectivity index (χ3n) is 11.4. The van der Waals surface area contributed by atoms with Crippen LogP contribution in [0.1, 0.15) is 52.8 Å². The Morgan fingerprint density at radius 3 is 1.62 bits per heavy atom. The molecule has 7 aromatic carbocycles. The average molecular weight is 614 g/mol. The molecular formula is C47H35N. The SMILES string of the molecule is Cc1ccc(-c2ccc3c(c2)C(C)(C)c2cc(Nc4cccc5c4-c4ccccc4C54c5ccccc5-c5ccccc54)ccc2-3)cc1. The maximum absolute atomic E-state index is 3.94. The summed E-state index contributed by atoms with van der Waals surface area (Å²) >= 11 is 0. The van der Waals surface area contributed by atoms with E-state index in [1.54, 1.807) is 0 Å². The standard InChI is InChI=1S/C47H35N/c1-29-19-21-30(22-20-29)31-23-25-35-36-26-24-32(28-43(36)46(2,3)42(35)27-31)48-44-18-10-17-41-45(44)37-13-6-9-16-40(37)47(41)38-14-7-4-11-33(38)34-12-5-8-15-39(34)47/h4-28,48H,1-3H3. The predicted octanol–water partition coefficient (Wildman–Crippen LogP) is 12.1. The molecule has 0 saturated heterocycles. The Kier molecular flexibility index (Phi) is 5.54. The van der Waals surface area contributed by atoms with Crippen molar-refractivity contribution in [2.45, 2.75) is 31.6 Å². The van der Waals surface area contributed by atoms with Gasteiger partial charge in [0.15, 0.2) is 0 Å². The van der Waals surface area contributed by atoms with Gasteiger partial charge in [-0.15, -0.1) is 0 Å². The number of hydrogen-bond donors (Lipinski definition) is 1. The number of nitrogens with one attached hydrogen (secondary N) is 1. The van der Waals surface area contributed by atoms with Crippen molar-refractivity contribution in [1.82, 2.24) is 0 Å². The molecule has 10 rings (SSSR count). The molecule has 1 nitrogen and oxygen atoms in total. The molecule has 0 heterocycles. The van der Waals surface area contributed by atoms with Gasteiger partial charge in [-0.05, 0) is 104 Å². The van der Waals surface area contributed by atoms with Crippen LogP contribution in [0.5, 0.6) is 0 Å². The van der Waals surface area contributed by atoms with Crippen LogP contribution in [0.15, 0.2) is 152 Å². The molecule has 3 aliphatic carbocycles. The number of benzene rings is 7. The van der Waals surface area contributed by atoms with Crippen LogP contribution in [0, 0.1) is 6.92 Å². The van der Waals surface area contributed by atoms with Crippen LogP contribution in [0.4, 0.5) is 11.4 Å².